The topological polar surface area (TPSA) is 115 Å². The first-order valence-corrected chi connectivity index (χ1v) is 11.4. The number of carbonyl (C=O) groups excluding carboxylic acids is 2. The standard InChI is InChI=1S/C24H21F3N6O4/c1-14-30-20(31-37-14)15-3-2-4-16(11-15)21(34)28-7-8-32-9-10-33-18-5-6-29-22(36-13-24(25,26)27)17(18)12-19(33)23(32)35/h2-6,11-12H,7-10,13H2,1H3,(H,28,34). The molecule has 0 spiro atoms. The number of nitrogens with zero attached hydrogens (tertiary/aromatic N) is 5. The van der Waals surface area contributed by atoms with Crippen LogP contribution in [0.2, 0.25) is 0 Å². The molecular weight excluding hydrogens is 493 g/mol. The minimum absolute atomic E-state index is 0.179. The summed E-state index contributed by atoms with van der Waals surface area (Å²) in [7, 11) is 0. The van der Waals surface area contributed by atoms with E-state index >= 15 is 0 Å². The van der Waals surface area contributed by atoms with Gasteiger partial charge >= 0.3 is 6.18 Å². The highest BCUT2D eigenvalue weighted by Crippen LogP contribution is 2.30. The molecular formula is C24H21F3N6O4. The summed E-state index contributed by atoms with van der Waals surface area (Å²) in [5.41, 5.74) is 1.93. The average Bonchev–Trinajstić information content (AvgIpc) is 3.48. The quantitative estimate of drug-likeness (QED) is 0.403. The molecule has 1 aromatic carbocycles. The summed E-state index contributed by atoms with van der Waals surface area (Å²) in [5.74, 6) is -0.00677. The molecule has 1 N–H and O–H groups in total. The van der Waals surface area contributed by atoms with E-state index in [1.165, 1.54) is 12.3 Å². The number of hydrogen-bond donors (Lipinski definition) is 1. The molecule has 4 heterocycles. The van der Waals surface area contributed by atoms with Crippen molar-refractivity contribution in [2.24, 2.45) is 0 Å². The zero-order valence-electron chi connectivity index (χ0n) is 19.6. The average molecular weight is 514 g/mol. The van der Waals surface area contributed by atoms with E-state index in [1.54, 1.807) is 46.7 Å². The monoisotopic (exact) mass is 514 g/mol. The lowest BCUT2D eigenvalue weighted by atomic mass is 10.1. The fourth-order valence-corrected chi connectivity index (χ4v) is 4.16. The summed E-state index contributed by atoms with van der Waals surface area (Å²) in [5, 5.41) is 6.99. The number of rotatable bonds is 7. The maximum atomic E-state index is 13.1. The van der Waals surface area contributed by atoms with Crippen molar-refractivity contribution in [1.82, 2.24) is 29.9 Å². The van der Waals surface area contributed by atoms with Crippen LogP contribution in [-0.2, 0) is 6.54 Å². The third-order valence-corrected chi connectivity index (χ3v) is 5.84. The van der Waals surface area contributed by atoms with Gasteiger partial charge in [-0.15, -0.1) is 0 Å². The summed E-state index contributed by atoms with van der Waals surface area (Å²) < 4.78 is 49.4. The number of fused-ring (bicyclic) bond motifs is 3. The highest BCUT2D eigenvalue weighted by atomic mass is 19.4. The molecule has 0 unspecified atom stereocenters. The van der Waals surface area contributed by atoms with Crippen molar-refractivity contribution < 1.29 is 32.0 Å². The van der Waals surface area contributed by atoms with Gasteiger partial charge in [-0.05, 0) is 24.3 Å². The maximum Gasteiger partial charge on any atom is 0.422 e. The molecule has 0 fully saturated rings. The Hall–Kier alpha value is -4.42. The molecule has 1 aliphatic heterocycles. The number of aryl methyl sites for hydroxylation is 1. The molecule has 13 heteroatoms. The lowest BCUT2D eigenvalue weighted by Crippen LogP contribution is -2.44. The van der Waals surface area contributed by atoms with Gasteiger partial charge in [0.25, 0.3) is 11.8 Å². The number of nitrogens with one attached hydrogen (secondary N) is 1. The lowest BCUT2D eigenvalue weighted by Gasteiger charge is -2.28. The molecule has 37 heavy (non-hydrogen) atoms. The van der Waals surface area contributed by atoms with Crippen LogP contribution < -0.4 is 10.1 Å². The first kappa shape index (κ1) is 24.3. The summed E-state index contributed by atoms with van der Waals surface area (Å²) in [4.78, 5) is 35.4. The van der Waals surface area contributed by atoms with Crippen LogP contribution in [0.25, 0.3) is 22.3 Å². The van der Waals surface area contributed by atoms with Crippen LogP contribution >= 0.6 is 0 Å². The third-order valence-electron chi connectivity index (χ3n) is 5.84. The second-order valence-electron chi connectivity index (χ2n) is 8.40. The second kappa shape index (κ2) is 9.56. The van der Waals surface area contributed by atoms with Crippen molar-refractivity contribution >= 4 is 22.7 Å². The molecule has 0 bridgehead atoms. The van der Waals surface area contributed by atoms with Crippen LogP contribution in [0.5, 0.6) is 5.88 Å². The molecule has 0 aliphatic carbocycles. The highest BCUT2D eigenvalue weighted by molar-refractivity contribution is 6.00. The maximum absolute atomic E-state index is 13.1. The number of alkyl halides is 3. The molecule has 3 aromatic heterocycles. The first-order chi connectivity index (χ1) is 17.7. The number of hydrogen-bond acceptors (Lipinski definition) is 7. The van der Waals surface area contributed by atoms with Gasteiger partial charge in [-0.1, -0.05) is 17.3 Å². The van der Waals surface area contributed by atoms with E-state index in [0.29, 0.717) is 52.5 Å². The van der Waals surface area contributed by atoms with E-state index in [-0.39, 0.29) is 30.8 Å². The van der Waals surface area contributed by atoms with Gasteiger partial charge in [-0.2, -0.15) is 18.2 Å². The summed E-state index contributed by atoms with van der Waals surface area (Å²) in [6.07, 6.45) is -3.16. The minimum Gasteiger partial charge on any atom is -0.468 e. The van der Waals surface area contributed by atoms with Crippen LogP contribution in [-0.4, -0.2) is 68.8 Å². The Labute approximate surface area is 208 Å². The lowest BCUT2D eigenvalue weighted by molar-refractivity contribution is -0.153. The van der Waals surface area contributed by atoms with Gasteiger partial charge in [-0.3, -0.25) is 9.59 Å². The molecule has 0 radical (unpaired) electrons. The summed E-state index contributed by atoms with van der Waals surface area (Å²) in [6.45, 7) is 1.47. The van der Waals surface area contributed by atoms with Gasteiger partial charge in [-0.25, -0.2) is 4.98 Å². The Morgan fingerprint density at radius 1 is 1.22 bits per heavy atom. The van der Waals surface area contributed by atoms with E-state index in [4.69, 9.17) is 9.26 Å². The van der Waals surface area contributed by atoms with E-state index < -0.39 is 12.8 Å². The fourth-order valence-electron chi connectivity index (χ4n) is 4.16. The van der Waals surface area contributed by atoms with Crippen molar-refractivity contribution in [2.45, 2.75) is 19.6 Å². The molecule has 5 rings (SSSR count). The van der Waals surface area contributed by atoms with Gasteiger partial charge < -0.3 is 24.0 Å². The molecule has 0 saturated carbocycles. The number of ether oxygens (including phenoxy) is 1. The van der Waals surface area contributed by atoms with E-state index in [1.807, 2.05) is 0 Å². The van der Waals surface area contributed by atoms with Gasteiger partial charge in [0.1, 0.15) is 5.69 Å². The normalized spacial score (nSPS) is 13.6. The van der Waals surface area contributed by atoms with Crippen molar-refractivity contribution in [1.29, 1.82) is 0 Å². The second-order valence-corrected chi connectivity index (χ2v) is 8.40. The minimum atomic E-state index is -4.51. The molecule has 192 valence electrons. The van der Waals surface area contributed by atoms with Crippen LogP contribution in [0.1, 0.15) is 26.7 Å². The number of carbonyl (C=O) groups is 2. The predicted molar refractivity (Wildman–Crippen MR) is 124 cm³/mol. The van der Waals surface area contributed by atoms with Gasteiger partial charge in [0.2, 0.25) is 17.6 Å². The van der Waals surface area contributed by atoms with Crippen molar-refractivity contribution in [3.05, 3.63) is 59.7 Å². The summed E-state index contributed by atoms with van der Waals surface area (Å²) >= 11 is 0. The van der Waals surface area contributed by atoms with Gasteiger partial charge in [0, 0.05) is 50.4 Å². The zero-order valence-corrected chi connectivity index (χ0v) is 19.6. The van der Waals surface area contributed by atoms with Crippen LogP contribution in [0, 0.1) is 6.92 Å². The molecule has 10 nitrogen and oxygen atoms in total. The van der Waals surface area contributed by atoms with Crippen molar-refractivity contribution in [3.63, 3.8) is 0 Å². The number of aromatic nitrogens is 4. The molecule has 4 aromatic rings. The third kappa shape index (κ3) is 5.10. The van der Waals surface area contributed by atoms with Crippen LogP contribution in [0.4, 0.5) is 13.2 Å². The molecule has 0 saturated heterocycles. The van der Waals surface area contributed by atoms with E-state index in [9.17, 15) is 22.8 Å². The zero-order chi connectivity index (χ0) is 26.2. The van der Waals surface area contributed by atoms with Crippen LogP contribution in [0.15, 0.2) is 47.1 Å². The Morgan fingerprint density at radius 3 is 2.81 bits per heavy atom. The SMILES string of the molecule is Cc1nc(-c2cccc(C(=O)NCCN3CCn4c(cc5c(OCC(F)(F)F)nccc54)C3=O)c2)no1. The number of benzene rings is 1. The molecule has 1 aliphatic rings. The highest BCUT2D eigenvalue weighted by Gasteiger charge is 2.31. The Bertz CT molecular complexity index is 1480. The van der Waals surface area contributed by atoms with Gasteiger partial charge in [0.05, 0.1) is 10.9 Å². The van der Waals surface area contributed by atoms with Crippen molar-refractivity contribution in [3.8, 4) is 17.3 Å². The van der Waals surface area contributed by atoms with Crippen molar-refractivity contribution in [2.75, 3.05) is 26.2 Å². The Balaban J connectivity index is 1.23. The Morgan fingerprint density at radius 2 is 2.05 bits per heavy atom. The molecule has 2 amide bonds. The fraction of sp³-hybridized carbons (Fsp3) is 0.292. The van der Waals surface area contributed by atoms with E-state index in [2.05, 4.69) is 20.4 Å². The van der Waals surface area contributed by atoms with Crippen LogP contribution in [0.3, 0.4) is 0 Å². The number of pyridine rings is 1. The largest absolute Gasteiger partial charge is 0.468 e. The molecule has 0 atom stereocenters. The number of amides is 2. The first-order valence-electron chi connectivity index (χ1n) is 11.4. The Kier molecular flexibility index (Phi) is 6.27. The number of halogens is 3. The predicted octanol–water partition coefficient (Wildman–Crippen LogP) is 3.22. The summed E-state index contributed by atoms with van der Waals surface area (Å²) in [6, 6.07) is 9.91. The van der Waals surface area contributed by atoms with Gasteiger partial charge in [0.15, 0.2) is 6.61 Å². The van der Waals surface area contributed by atoms with E-state index in [0.717, 1.165) is 0 Å². The smallest absolute Gasteiger partial charge is 0.422 e.